The molecular formula is C15H20N2. The number of anilines is 1. The molecule has 90 valence electrons. The third-order valence-corrected chi connectivity index (χ3v) is 2.63. The zero-order valence-electron chi connectivity index (χ0n) is 10.4. The smallest absolute Gasteiger partial charge is 0.0962 e. The van der Waals surface area contributed by atoms with Gasteiger partial charge in [0.15, 0.2) is 0 Å². The Kier molecular flexibility index (Phi) is 6.59. The van der Waals surface area contributed by atoms with Gasteiger partial charge in [-0.1, -0.05) is 44.4 Å². The second-order valence-corrected chi connectivity index (χ2v) is 4.10. The maximum atomic E-state index is 9.00. The highest BCUT2D eigenvalue weighted by Gasteiger charge is 1.96. The number of nitrogens with zero attached hydrogens (tertiary/aromatic N) is 1. The zero-order valence-corrected chi connectivity index (χ0v) is 10.4. The SMILES string of the molecule is CCCCCCC(C#N)=CNc1ccccc1. The van der Waals surface area contributed by atoms with Crippen molar-refractivity contribution in [2.24, 2.45) is 0 Å². The first-order chi connectivity index (χ1) is 8.36. The Balaban J connectivity index is 2.37. The summed E-state index contributed by atoms with van der Waals surface area (Å²) in [6, 6.07) is 12.2. The summed E-state index contributed by atoms with van der Waals surface area (Å²) in [4.78, 5) is 0. The third kappa shape index (κ3) is 5.77. The minimum Gasteiger partial charge on any atom is -0.361 e. The lowest BCUT2D eigenvalue weighted by Crippen LogP contribution is -1.91. The Bertz CT molecular complexity index is 374. The quantitative estimate of drug-likeness (QED) is 0.552. The van der Waals surface area contributed by atoms with Gasteiger partial charge in [-0.15, -0.1) is 0 Å². The molecule has 1 N–H and O–H groups in total. The van der Waals surface area contributed by atoms with Crippen LogP contribution in [-0.2, 0) is 0 Å². The van der Waals surface area contributed by atoms with E-state index in [0.717, 1.165) is 24.1 Å². The number of nitriles is 1. The molecule has 0 saturated heterocycles. The van der Waals surface area contributed by atoms with Gasteiger partial charge in [-0.05, 0) is 25.0 Å². The molecule has 0 unspecified atom stereocenters. The van der Waals surface area contributed by atoms with Crippen molar-refractivity contribution >= 4 is 5.69 Å². The Hall–Kier alpha value is -1.75. The number of nitrogens with one attached hydrogen (secondary N) is 1. The van der Waals surface area contributed by atoms with Crippen molar-refractivity contribution in [3.05, 3.63) is 42.1 Å². The molecule has 1 rings (SSSR count). The molecule has 2 heteroatoms. The second-order valence-electron chi connectivity index (χ2n) is 4.10. The van der Waals surface area contributed by atoms with Crippen LogP contribution in [0.25, 0.3) is 0 Å². The fourth-order valence-corrected chi connectivity index (χ4v) is 1.61. The number of benzene rings is 1. The van der Waals surface area contributed by atoms with E-state index in [2.05, 4.69) is 18.3 Å². The van der Waals surface area contributed by atoms with Crippen LogP contribution in [0.2, 0.25) is 0 Å². The van der Waals surface area contributed by atoms with Crippen molar-refractivity contribution in [3.8, 4) is 6.07 Å². The van der Waals surface area contributed by atoms with Crippen LogP contribution in [0.1, 0.15) is 39.0 Å². The van der Waals surface area contributed by atoms with Gasteiger partial charge in [0.05, 0.1) is 6.07 Å². The fraction of sp³-hybridized carbons (Fsp3) is 0.400. The molecule has 0 spiro atoms. The molecule has 1 aromatic rings. The van der Waals surface area contributed by atoms with Crippen molar-refractivity contribution in [1.82, 2.24) is 0 Å². The average molecular weight is 228 g/mol. The molecule has 0 amide bonds. The van der Waals surface area contributed by atoms with E-state index in [1.165, 1.54) is 19.3 Å². The molecular weight excluding hydrogens is 208 g/mol. The maximum absolute atomic E-state index is 9.00. The van der Waals surface area contributed by atoms with Crippen LogP contribution in [0.15, 0.2) is 42.1 Å². The van der Waals surface area contributed by atoms with E-state index in [0.29, 0.717) is 0 Å². The van der Waals surface area contributed by atoms with E-state index in [1.54, 1.807) is 0 Å². The molecule has 0 saturated carbocycles. The number of allylic oxidation sites excluding steroid dienone is 1. The van der Waals surface area contributed by atoms with E-state index in [4.69, 9.17) is 5.26 Å². The number of rotatable bonds is 7. The minimum atomic E-state index is 0.824. The number of hydrogen-bond acceptors (Lipinski definition) is 2. The van der Waals surface area contributed by atoms with Crippen LogP contribution < -0.4 is 5.32 Å². The lowest BCUT2D eigenvalue weighted by Gasteiger charge is -2.02. The molecule has 0 aliphatic rings. The molecule has 2 nitrogen and oxygen atoms in total. The van der Waals surface area contributed by atoms with Crippen LogP contribution >= 0.6 is 0 Å². The van der Waals surface area contributed by atoms with E-state index in [9.17, 15) is 0 Å². The summed E-state index contributed by atoms with van der Waals surface area (Å²) in [6.07, 6.45) is 7.49. The van der Waals surface area contributed by atoms with Gasteiger partial charge in [0, 0.05) is 17.5 Å². The zero-order chi connectivity index (χ0) is 12.3. The molecule has 0 fully saturated rings. The lowest BCUT2D eigenvalue weighted by atomic mass is 10.1. The normalized spacial score (nSPS) is 10.9. The van der Waals surface area contributed by atoms with Crippen LogP contribution in [0.4, 0.5) is 5.69 Å². The van der Waals surface area contributed by atoms with Gasteiger partial charge in [0.1, 0.15) is 0 Å². The van der Waals surface area contributed by atoms with Crippen LogP contribution in [0, 0.1) is 11.3 Å². The number of hydrogen-bond donors (Lipinski definition) is 1. The van der Waals surface area contributed by atoms with E-state index in [-0.39, 0.29) is 0 Å². The predicted octanol–water partition coefficient (Wildman–Crippen LogP) is 4.48. The molecule has 0 aliphatic carbocycles. The molecule has 0 heterocycles. The van der Waals surface area contributed by atoms with Gasteiger partial charge >= 0.3 is 0 Å². The van der Waals surface area contributed by atoms with E-state index in [1.807, 2.05) is 36.5 Å². The largest absolute Gasteiger partial charge is 0.361 e. The Morgan fingerprint density at radius 3 is 2.65 bits per heavy atom. The highest BCUT2D eigenvalue weighted by Crippen LogP contribution is 2.11. The summed E-state index contributed by atoms with van der Waals surface area (Å²) in [7, 11) is 0. The Morgan fingerprint density at radius 2 is 2.00 bits per heavy atom. The standard InChI is InChI=1S/C15H20N2/c1-2-3-4-6-9-14(12-16)13-17-15-10-7-5-8-11-15/h5,7-8,10-11,13,17H,2-4,6,9H2,1H3. The van der Waals surface area contributed by atoms with Crippen molar-refractivity contribution in [2.75, 3.05) is 5.32 Å². The predicted molar refractivity (Wildman–Crippen MR) is 72.5 cm³/mol. The second kappa shape index (κ2) is 8.41. The highest BCUT2D eigenvalue weighted by atomic mass is 14.8. The molecule has 0 bridgehead atoms. The van der Waals surface area contributed by atoms with E-state index < -0.39 is 0 Å². The van der Waals surface area contributed by atoms with Crippen molar-refractivity contribution in [2.45, 2.75) is 39.0 Å². The first kappa shape index (κ1) is 13.3. The summed E-state index contributed by atoms with van der Waals surface area (Å²) < 4.78 is 0. The fourth-order valence-electron chi connectivity index (χ4n) is 1.61. The van der Waals surface area contributed by atoms with Gasteiger partial charge in [0.2, 0.25) is 0 Å². The molecule has 0 atom stereocenters. The molecule has 17 heavy (non-hydrogen) atoms. The number of para-hydroxylation sites is 1. The van der Waals surface area contributed by atoms with Gasteiger partial charge < -0.3 is 5.32 Å². The van der Waals surface area contributed by atoms with Crippen molar-refractivity contribution in [1.29, 1.82) is 5.26 Å². The van der Waals surface area contributed by atoms with Gasteiger partial charge in [-0.3, -0.25) is 0 Å². The Morgan fingerprint density at radius 1 is 1.24 bits per heavy atom. The molecule has 0 aliphatic heterocycles. The minimum absolute atomic E-state index is 0.824. The summed E-state index contributed by atoms with van der Waals surface area (Å²) >= 11 is 0. The van der Waals surface area contributed by atoms with Crippen LogP contribution in [0.5, 0.6) is 0 Å². The lowest BCUT2D eigenvalue weighted by molar-refractivity contribution is 0.668. The van der Waals surface area contributed by atoms with E-state index >= 15 is 0 Å². The van der Waals surface area contributed by atoms with Crippen LogP contribution in [-0.4, -0.2) is 0 Å². The van der Waals surface area contributed by atoms with Crippen LogP contribution in [0.3, 0.4) is 0 Å². The topological polar surface area (TPSA) is 35.8 Å². The maximum Gasteiger partial charge on any atom is 0.0962 e. The summed E-state index contributed by atoms with van der Waals surface area (Å²) in [5.41, 5.74) is 1.85. The van der Waals surface area contributed by atoms with Gasteiger partial charge in [0.25, 0.3) is 0 Å². The number of unbranched alkanes of at least 4 members (excludes halogenated alkanes) is 3. The third-order valence-electron chi connectivity index (χ3n) is 2.63. The van der Waals surface area contributed by atoms with Gasteiger partial charge in [-0.2, -0.15) is 5.26 Å². The molecule has 0 radical (unpaired) electrons. The highest BCUT2D eigenvalue weighted by molar-refractivity contribution is 5.46. The monoisotopic (exact) mass is 228 g/mol. The molecule has 1 aromatic carbocycles. The molecule has 0 aromatic heterocycles. The Labute approximate surface area is 104 Å². The first-order valence-corrected chi connectivity index (χ1v) is 6.27. The first-order valence-electron chi connectivity index (χ1n) is 6.27. The average Bonchev–Trinajstić information content (AvgIpc) is 2.39. The van der Waals surface area contributed by atoms with Crippen molar-refractivity contribution in [3.63, 3.8) is 0 Å². The summed E-state index contributed by atoms with van der Waals surface area (Å²) in [5.74, 6) is 0. The summed E-state index contributed by atoms with van der Waals surface area (Å²) in [5, 5.41) is 12.2. The van der Waals surface area contributed by atoms with Gasteiger partial charge in [-0.25, -0.2) is 0 Å². The summed E-state index contributed by atoms with van der Waals surface area (Å²) in [6.45, 7) is 2.19. The van der Waals surface area contributed by atoms with Crippen molar-refractivity contribution < 1.29 is 0 Å².